The number of carbonyl (C=O) groups is 3. The van der Waals surface area contributed by atoms with Gasteiger partial charge in [0.2, 0.25) is 11.8 Å². The van der Waals surface area contributed by atoms with E-state index in [1.165, 1.54) is 6.92 Å². The third-order valence-corrected chi connectivity index (χ3v) is 3.42. The first-order valence-corrected chi connectivity index (χ1v) is 6.69. The summed E-state index contributed by atoms with van der Waals surface area (Å²) in [7, 11) is 0. The lowest BCUT2D eigenvalue weighted by molar-refractivity contribution is -0.128. The summed E-state index contributed by atoms with van der Waals surface area (Å²) in [5.41, 5.74) is 2.11. The van der Waals surface area contributed by atoms with E-state index in [0.717, 1.165) is 12.0 Å². The van der Waals surface area contributed by atoms with Crippen molar-refractivity contribution in [2.24, 2.45) is 0 Å². The maximum Gasteiger partial charge on any atom is 0.246 e. The zero-order chi connectivity index (χ0) is 14.7. The van der Waals surface area contributed by atoms with E-state index >= 15 is 0 Å². The Kier molecular flexibility index (Phi) is 4.17. The Morgan fingerprint density at radius 3 is 2.70 bits per heavy atom. The van der Waals surface area contributed by atoms with E-state index in [1.54, 1.807) is 18.2 Å². The second-order valence-electron chi connectivity index (χ2n) is 5.09. The zero-order valence-corrected chi connectivity index (χ0v) is 11.7. The molecule has 0 radical (unpaired) electrons. The fraction of sp³-hybridized carbons (Fsp3) is 0.400. The minimum Gasteiger partial charge on any atom is -0.344 e. The Bertz CT molecular complexity index is 566. The van der Waals surface area contributed by atoms with Crippen LogP contribution in [0.25, 0.3) is 0 Å². The summed E-state index contributed by atoms with van der Waals surface area (Å²) in [5.74, 6) is -0.299. The Hall–Kier alpha value is -2.17. The van der Waals surface area contributed by atoms with Gasteiger partial charge in [0.1, 0.15) is 6.04 Å². The van der Waals surface area contributed by atoms with Crippen molar-refractivity contribution < 1.29 is 14.4 Å². The molecular formula is C15H18N2O3. The molecular weight excluding hydrogens is 256 g/mol. The molecule has 0 saturated carbocycles. The average molecular weight is 274 g/mol. The minimum absolute atomic E-state index is 0.0000737. The van der Waals surface area contributed by atoms with Gasteiger partial charge in [0.25, 0.3) is 0 Å². The van der Waals surface area contributed by atoms with Gasteiger partial charge in [-0.05, 0) is 50.5 Å². The van der Waals surface area contributed by atoms with Crippen LogP contribution in [-0.4, -0.2) is 23.6 Å². The number of Topliss-reactive ketones (excluding diaryl/α,β-unsaturated/α-hetero) is 1. The lowest BCUT2D eigenvalue weighted by Crippen LogP contribution is -2.46. The molecule has 0 aliphatic carbocycles. The van der Waals surface area contributed by atoms with Crippen LogP contribution in [0.1, 0.15) is 42.1 Å². The van der Waals surface area contributed by atoms with Crippen LogP contribution in [0.3, 0.4) is 0 Å². The van der Waals surface area contributed by atoms with Crippen molar-refractivity contribution in [2.75, 3.05) is 5.32 Å². The molecule has 2 rings (SSSR count). The van der Waals surface area contributed by atoms with E-state index < -0.39 is 6.04 Å². The summed E-state index contributed by atoms with van der Waals surface area (Å²) in [5, 5.41) is 5.45. The largest absolute Gasteiger partial charge is 0.344 e. The van der Waals surface area contributed by atoms with Crippen molar-refractivity contribution >= 4 is 23.3 Å². The van der Waals surface area contributed by atoms with E-state index in [0.29, 0.717) is 24.1 Å². The minimum atomic E-state index is -0.468. The second-order valence-corrected chi connectivity index (χ2v) is 5.09. The summed E-state index contributed by atoms with van der Waals surface area (Å²) in [6, 6.07) is 4.70. The quantitative estimate of drug-likeness (QED) is 0.825. The Balaban J connectivity index is 2.06. The van der Waals surface area contributed by atoms with Crippen LogP contribution in [0, 0.1) is 6.92 Å². The number of amides is 2. The number of nitrogens with one attached hydrogen (secondary N) is 2. The van der Waals surface area contributed by atoms with Gasteiger partial charge in [-0.15, -0.1) is 0 Å². The number of aryl methyl sites for hydroxylation is 1. The number of benzene rings is 1. The van der Waals surface area contributed by atoms with Gasteiger partial charge in [-0.2, -0.15) is 0 Å². The van der Waals surface area contributed by atoms with E-state index in [4.69, 9.17) is 0 Å². The predicted octanol–water partition coefficient (Wildman–Crippen LogP) is 1.80. The van der Waals surface area contributed by atoms with E-state index in [9.17, 15) is 14.4 Å². The first kappa shape index (κ1) is 14.2. The molecule has 1 aliphatic heterocycles. The molecule has 106 valence electrons. The maximum atomic E-state index is 12.1. The van der Waals surface area contributed by atoms with Crippen molar-refractivity contribution in [2.45, 2.75) is 39.2 Å². The number of hydrogen-bond acceptors (Lipinski definition) is 3. The molecule has 1 atom stereocenters. The van der Waals surface area contributed by atoms with E-state index in [-0.39, 0.29) is 17.6 Å². The van der Waals surface area contributed by atoms with Gasteiger partial charge in [0.05, 0.1) is 0 Å². The van der Waals surface area contributed by atoms with Crippen LogP contribution in [0.2, 0.25) is 0 Å². The van der Waals surface area contributed by atoms with Gasteiger partial charge < -0.3 is 10.6 Å². The van der Waals surface area contributed by atoms with Gasteiger partial charge in [0, 0.05) is 17.7 Å². The van der Waals surface area contributed by atoms with Crippen LogP contribution in [0.5, 0.6) is 0 Å². The summed E-state index contributed by atoms with van der Waals surface area (Å²) in [6.07, 6.45) is 1.87. The molecule has 20 heavy (non-hydrogen) atoms. The van der Waals surface area contributed by atoms with Crippen LogP contribution in [0.15, 0.2) is 18.2 Å². The molecule has 0 bridgehead atoms. The Morgan fingerprint density at radius 2 is 2.10 bits per heavy atom. The number of rotatable bonds is 3. The summed E-state index contributed by atoms with van der Waals surface area (Å²) in [6.45, 7) is 3.34. The van der Waals surface area contributed by atoms with Crippen LogP contribution < -0.4 is 10.6 Å². The topological polar surface area (TPSA) is 75.3 Å². The summed E-state index contributed by atoms with van der Waals surface area (Å²) >= 11 is 0. The number of piperidine rings is 1. The lowest BCUT2D eigenvalue weighted by atomic mass is 10.0. The monoisotopic (exact) mass is 274 g/mol. The highest BCUT2D eigenvalue weighted by molar-refractivity contribution is 5.99. The SMILES string of the molecule is CC(=O)c1ccc(NC(=O)[C@H]2CCCC(=O)N2)cc1C. The van der Waals surface area contributed by atoms with Crippen molar-refractivity contribution in [3.8, 4) is 0 Å². The summed E-state index contributed by atoms with van der Waals surface area (Å²) in [4.78, 5) is 34.7. The highest BCUT2D eigenvalue weighted by atomic mass is 16.2. The third kappa shape index (κ3) is 3.23. The van der Waals surface area contributed by atoms with Crippen LogP contribution in [-0.2, 0) is 9.59 Å². The molecule has 0 spiro atoms. The van der Waals surface area contributed by atoms with Crippen LogP contribution in [0.4, 0.5) is 5.69 Å². The molecule has 0 aromatic heterocycles. The standard InChI is InChI=1S/C15H18N2O3/c1-9-8-11(6-7-12(9)10(2)18)16-15(20)13-4-3-5-14(19)17-13/h6-8,13H,3-5H2,1-2H3,(H,16,20)(H,17,19)/t13-/m1/s1. The number of carbonyl (C=O) groups excluding carboxylic acids is 3. The molecule has 0 unspecified atom stereocenters. The first-order chi connectivity index (χ1) is 9.47. The maximum absolute atomic E-state index is 12.1. The average Bonchev–Trinajstić information content (AvgIpc) is 2.38. The van der Waals surface area contributed by atoms with Gasteiger partial charge in [-0.3, -0.25) is 14.4 Å². The van der Waals surface area contributed by atoms with Crippen molar-refractivity contribution in [3.63, 3.8) is 0 Å². The van der Waals surface area contributed by atoms with Gasteiger partial charge in [-0.1, -0.05) is 0 Å². The highest BCUT2D eigenvalue weighted by Gasteiger charge is 2.24. The lowest BCUT2D eigenvalue weighted by Gasteiger charge is -2.22. The molecule has 1 heterocycles. The zero-order valence-electron chi connectivity index (χ0n) is 11.7. The fourth-order valence-corrected chi connectivity index (χ4v) is 2.37. The molecule has 1 aliphatic rings. The molecule has 1 saturated heterocycles. The Morgan fingerprint density at radius 1 is 1.35 bits per heavy atom. The Labute approximate surface area is 117 Å². The van der Waals surface area contributed by atoms with Crippen LogP contribution >= 0.6 is 0 Å². The van der Waals surface area contributed by atoms with E-state index in [2.05, 4.69) is 10.6 Å². The predicted molar refractivity (Wildman–Crippen MR) is 75.6 cm³/mol. The van der Waals surface area contributed by atoms with Gasteiger partial charge in [0.15, 0.2) is 5.78 Å². The smallest absolute Gasteiger partial charge is 0.246 e. The number of hydrogen-bond donors (Lipinski definition) is 2. The molecule has 1 aromatic carbocycles. The van der Waals surface area contributed by atoms with Gasteiger partial charge >= 0.3 is 0 Å². The molecule has 1 fully saturated rings. The van der Waals surface area contributed by atoms with Crippen molar-refractivity contribution in [1.82, 2.24) is 5.32 Å². The number of ketones is 1. The fourth-order valence-electron chi connectivity index (χ4n) is 2.37. The van der Waals surface area contributed by atoms with Crippen molar-refractivity contribution in [1.29, 1.82) is 0 Å². The second kappa shape index (κ2) is 5.86. The third-order valence-electron chi connectivity index (χ3n) is 3.42. The molecule has 1 aromatic rings. The van der Waals surface area contributed by atoms with Gasteiger partial charge in [-0.25, -0.2) is 0 Å². The summed E-state index contributed by atoms with van der Waals surface area (Å²) < 4.78 is 0. The number of anilines is 1. The normalized spacial score (nSPS) is 18.3. The first-order valence-electron chi connectivity index (χ1n) is 6.69. The molecule has 5 heteroatoms. The van der Waals surface area contributed by atoms with Crippen molar-refractivity contribution in [3.05, 3.63) is 29.3 Å². The molecule has 2 N–H and O–H groups in total. The molecule has 2 amide bonds. The van der Waals surface area contributed by atoms with E-state index in [1.807, 2.05) is 6.92 Å². The molecule has 5 nitrogen and oxygen atoms in total. The highest BCUT2D eigenvalue weighted by Crippen LogP contribution is 2.17.